The zero-order valence-corrected chi connectivity index (χ0v) is 22.2. The summed E-state index contributed by atoms with van der Waals surface area (Å²) in [7, 11) is 3.35. The van der Waals surface area contributed by atoms with E-state index in [-0.39, 0.29) is 29.6 Å². The van der Waals surface area contributed by atoms with Gasteiger partial charge < -0.3 is 16.0 Å². The zero-order valence-electron chi connectivity index (χ0n) is 22.2. The lowest BCUT2D eigenvalue weighted by Crippen LogP contribution is -2.42. The molecule has 1 heterocycles. The number of carbonyl (C=O) groups excluding carboxylic acids is 3. The van der Waals surface area contributed by atoms with Crippen LogP contribution in [0, 0.1) is 11.7 Å². The minimum absolute atomic E-state index is 0.00756. The Labute approximate surface area is 228 Å². The van der Waals surface area contributed by atoms with Gasteiger partial charge in [-0.3, -0.25) is 19.5 Å². The average Bonchev–Trinajstić information content (AvgIpc) is 2.95. The molecular weight excluding hydrogens is 497 g/mol. The van der Waals surface area contributed by atoms with Crippen molar-refractivity contribution in [2.45, 2.75) is 44.2 Å². The zero-order chi connectivity index (χ0) is 27.9. The number of nitrogens with zero attached hydrogens (tertiary/aromatic N) is 3. The molecule has 1 saturated carbocycles. The van der Waals surface area contributed by atoms with E-state index in [1.54, 1.807) is 49.5 Å². The van der Waals surface area contributed by atoms with E-state index in [2.05, 4.69) is 10.3 Å². The highest BCUT2D eigenvalue weighted by Gasteiger charge is 2.34. The molecule has 0 radical (unpaired) electrons. The van der Waals surface area contributed by atoms with Crippen LogP contribution in [0.3, 0.4) is 0 Å². The quantitative estimate of drug-likeness (QED) is 0.445. The summed E-state index contributed by atoms with van der Waals surface area (Å²) < 4.78 is 13.5. The van der Waals surface area contributed by atoms with E-state index >= 15 is 0 Å². The Morgan fingerprint density at radius 2 is 1.72 bits per heavy atom. The Balaban J connectivity index is 1.51. The van der Waals surface area contributed by atoms with Crippen LogP contribution in [0.25, 0.3) is 0 Å². The fourth-order valence-corrected chi connectivity index (χ4v) is 5.14. The van der Waals surface area contributed by atoms with Gasteiger partial charge in [0.1, 0.15) is 11.9 Å². The summed E-state index contributed by atoms with van der Waals surface area (Å²) >= 11 is 0. The van der Waals surface area contributed by atoms with Crippen molar-refractivity contribution < 1.29 is 18.8 Å². The Bertz CT molecular complexity index is 1280. The fraction of sp³-hybridized carbons (Fsp3) is 0.333. The van der Waals surface area contributed by atoms with E-state index in [0.717, 1.165) is 30.4 Å². The maximum atomic E-state index is 13.5. The van der Waals surface area contributed by atoms with Crippen molar-refractivity contribution in [3.63, 3.8) is 0 Å². The first kappa shape index (κ1) is 27.8. The minimum Gasteiger partial charge on any atom is -0.368 e. The molecule has 3 aromatic rings. The third-order valence-corrected chi connectivity index (χ3v) is 7.19. The van der Waals surface area contributed by atoms with Crippen molar-refractivity contribution in [1.82, 2.24) is 15.2 Å². The first-order valence-corrected chi connectivity index (χ1v) is 13.1. The molecule has 0 spiro atoms. The number of benzene rings is 2. The number of pyridine rings is 1. The van der Waals surface area contributed by atoms with E-state index in [9.17, 15) is 18.8 Å². The smallest absolute Gasteiger partial charge is 0.324 e. The number of aromatic nitrogens is 1. The number of hydrogen-bond acceptors (Lipinski definition) is 4. The van der Waals surface area contributed by atoms with Gasteiger partial charge in [-0.1, -0.05) is 43.2 Å². The highest BCUT2D eigenvalue weighted by Crippen LogP contribution is 2.38. The molecule has 1 aliphatic carbocycles. The van der Waals surface area contributed by atoms with Crippen LogP contribution in [-0.2, 0) is 16.1 Å². The summed E-state index contributed by atoms with van der Waals surface area (Å²) in [6, 6.07) is 16.0. The number of nitrogens with two attached hydrogens (primary N) is 1. The highest BCUT2D eigenvalue weighted by atomic mass is 19.1. The molecule has 2 aromatic carbocycles. The Hall–Kier alpha value is -4.27. The standard InChI is InChI=1S/C30H34FN5O3/c1-35(2)30(39)36(24-15-13-23(31)14-16-24)19-20-9-11-21(12-10-20)25-7-3-4-8-26(25)29(38)34-27(28(32)37)22-6-5-17-33-18-22/h5-6,9-18,25-27H,3-4,7-8,19H2,1-2H3,(H2,32,37)(H,34,38). The van der Waals surface area contributed by atoms with Gasteiger partial charge in [0, 0.05) is 43.7 Å². The van der Waals surface area contributed by atoms with Gasteiger partial charge in [0.05, 0.1) is 6.54 Å². The van der Waals surface area contributed by atoms with Gasteiger partial charge in [0.2, 0.25) is 11.8 Å². The molecule has 0 saturated heterocycles. The third kappa shape index (κ3) is 6.79. The maximum absolute atomic E-state index is 13.5. The van der Waals surface area contributed by atoms with Gasteiger partial charge in [0.25, 0.3) is 0 Å². The molecule has 8 nitrogen and oxygen atoms in total. The van der Waals surface area contributed by atoms with Crippen LogP contribution >= 0.6 is 0 Å². The molecule has 1 aliphatic rings. The van der Waals surface area contributed by atoms with Crippen molar-refractivity contribution >= 4 is 23.5 Å². The first-order valence-electron chi connectivity index (χ1n) is 13.1. The number of carbonyl (C=O) groups is 3. The predicted octanol–water partition coefficient (Wildman–Crippen LogP) is 4.53. The van der Waals surface area contributed by atoms with Crippen molar-refractivity contribution in [3.05, 3.63) is 95.6 Å². The number of anilines is 1. The number of urea groups is 1. The van der Waals surface area contributed by atoms with Crippen molar-refractivity contribution in [2.75, 3.05) is 19.0 Å². The van der Waals surface area contributed by atoms with E-state index in [1.165, 1.54) is 23.2 Å². The molecule has 9 heteroatoms. The van der Waals surface area contributed by atoms with Gasteiger partial charge in [-0.05, 0) is 60.2 Å². The molecule has 39 heavy (non-hydrogen) atoms. The molecule has 204 valence electrons. The van der Waals surface area contributed by atoms with Crippen LogP contribution in [0.15, 0.2) is 73.1 Å². The van der Waals surface area contributed by atoms with Crippen molar-refractivity contribution in [2.24, 2.45) is 11.7 Å². The van der Waals surface area contributed by atoms with Gasteiger partial charge in [0.15, 0.2) is 0 Å². The second-order valence-electron chi connectivity index (χ2n) is 10.1. The first-order chi connectivity index (χ1) is 18.7. The largest absolute Gasteiger partial charge is 0.368 e. The third-order valence-electron chi connectivity index (χ3n) is 7.19. The summed E-state index contributed by atoms with van der Waals surface area (Å²) in [5.41, 5.74) is 8.69. The number of halogens is 1. The van der Waals surface area contributed by atoms with Crippen LogP contribution < -0.4 is 16.0 Å². The molecule has 3 atom stereocenters. The number of amides is 4. The Morgan fingerprint density at radius 3 is 2.33 bits per heavy atom. The fourth-order valence-electron chi connectivity index (χ4n) is 5.14. The summed E-state index contributed by atoms with van der Waals surface area (Å²) in [6.07, 6.45) is 6.63. The minimum atomic E-state index is -0.942. The summed E-state index contributed by atoms with van der Waals surface area (Å²) in [6.45, 7) is 0.308. The SMILES string of the molecule is CN(C)C(=O)N(Cc1ccc(C2CCCCC2C(=O)NC(C(N)=O)c2cccnc2)cc1)c1ccc(F)cc1. The van der Waals surface area contributed by atoms with Gasteiger partial charge in [-0.2, -0.15) is 0 Å². The number of primary amides is 1. The number of rotatable bonds is 8. The van der Waals surface area contributed by atoms with Crippen LogP contribution in [0.2, 0.25) is 0 Å². The monoisotopic (exact) mass is 531 g/mol. The lowest BCUT2D eigenvalue weighted by molar-refractivity contribution is -0.131. The molecular formula is C30H34FN5O3. The van der Waals surface area contributed by atoms with Crippen LogP contribution in [-0.4, -0.2) is 41.8 Å². The normalized spacial score (nSPS) is 17.6. The summed E-state index contributed by atoms with van der Waals surface area (Å²) in [4.78, 5) is 45.5. The average molecular weight is 532 g/mol. The summed E-state index contributed by atoms with van der Waals surface area (Å²) in [5, 5.41) is 2.86. The lowest BCUT2D eigenvalue weighted by Gasteiger charge is -2.32. The Kier molecular flexibility index (Phi) is 8.91. The molecule has 4 rings (SSSR count). The lowest BCUT2D eigenvalue weighted by atomic mass is 9.74. The molecule has 1 aromatic heterocycles. The van der Waals surface area contributed by atoms with Crippen molar-refractivity contribution in [3.8, 4) is 0 Å². The van der Waals surface area contributed by atoms with E-state index in [1.807, 2.05) is 24.3 Å². The number of hydrogen-bond donors (Lipinski definition) is 2. The van der Waals surface area contributed by atoms with Crippen molar-refractivity contribution in [1.29, 1.82) is 0 Å². The van der Waals surface area contributed by atoms with Crippen LogP contribution in [0.5, 0.6) is 0 Å². The Morgan fingerprint density at radius 1 is 1.03 bits per heavy atom. The molecule has 4 amide bonds. The topological polar surface area (TPSA) is 109 Å². The van der Waals surface area contributed by atoms with Crippen LogP contribution in [0.1, 0.15) is 54.3 Å². The van der Waals surface area contributed by atoms with Gasteiger partial charge in [-0.15, -0.1) is 0 Å². The molecule has 0 aliphatic heterocycles. The molecule has 1 fully saturated rings. The second-order valence-corrected chi connectivity index (χ2v) is 10.1. The second kappa shape index (κ2) is 12.5. The number of nitrogens with one attached hydrogen (secondary N) is 1. The molecule has 3 N–H and O–H groups in total. The van der Waals surface area contributed by atoms with E-state index < -0.39 is 11.9 Å². The van der Waals surface area contributed by atoms with Gasteiger partial charge in [-0.25, -0.2) is 9.18 Å². The maximum Gasteiger partial charge on any atom is 0.324 e. The predicted molar refractivity (Wildman–Crippen MR) is 147 cm³/mol. The summed E-state index contributed by atoms with van der Waals surface area (Å²) in [5.74, 6) is -1.50. The highest BCUT2D eigenvalue weighted by molar-refractivity contribution is 5.91. The van der Waals surface area contributed by atoms with Crippen LogP contribution in [0.4, 0.5) is 14.9 Å². The van der Waals surface area contributed by atoms with E-state index in [4.69, 9.17) is 5.73 Å². The molecule has 3 unspecified atom stereocenters. The van der Waals surface area contributed by atoms with E-state index in [0.29, 0.717) is 24.2 Å². The molecule has 0 bridgehead atoms. The van der Waals surface area contributed by atoms with Gasteiger partial charge >= 0.3 is 6.03 Å².